The van der Waals surface area contributed by atoms with Gasteiger partial charge < -0.3 is 25.3 Å². The minimum absolute atomic E-state index is 0.0922. The van der Waals surface area contributed by atoms with E-state index in [1.54, 1.807) is 0 Å². The molecule has 0 spiro atoms. The van der Waals surface area contributed by atoms with E-state index in [1.807, 2.05) is 0 Å². The first kappa shape index (κ1) is 13.0. The number of fused-ring (bicyclic) bond motifs is 1. The van der Waals surface area contributed by atoms with Gasteiger partial charge in [-0.2, -0.15) is 4.98 Å². The number of nitrogens with two attached hydrogens (primary N) is 1. The molecule has 8 nitrogen and oxygen atoms in total. The standard InChI is InChI=1S/C11H13FN4O4/c12-6-5(3-17)20-10(7(6)18)16-2-1-4-8(16)14-11(13)15-9(4)19/h1-2,5-7,10,17-18H,3H2,(H3,13,14,15,19)/t5-,6-,7-,10-/m0/s1. The molecule has 2 aromatic rings. The van der Waals surface area contributed by atoms with Gasteiger partial charge >= 0.3 is 0 Å². The number of aromatic nitrogens is 3. The van der Waals surface area contributed by atoms with Crippen LogP contribution in [0.2, 0.25) is 0 Å². The van der Waals surface area contributed by atoms with Crippen molar-refractivity contribution in [3.8, 4) is 0 Å². The van der Waals surface area contributed by atoms with E-state index < -0.39 is 36.8 Å². The van der Waals surface area contributed by atoms with E-state index in [9.17, 15) is 14.3 Å². The quantitative estimate of drug-likeness (QED) is 0.554. The number of nitrogens with zero attached hydrogens (tertiary/aromatic N) is 2. The molecule has 9 heteroatoms. The largest absolute Gasteiger partial charge is 0.394 e. The van der Waals surface area contributed by atoms with E-state index in [1.165, 1.54) is 16.8 Å². The highest BCUT2D eigenvalue weighted by molar-refractivity contribution is 5.76. The number of ether oxygens (including phenoxy) is 1. The van der Waals surface area contributed by atoms with Crippen molar-refractivity contribution in [1.82, 2.24) is 14.5 Å². The highest BCUT2D eigenvalue weighted by Gasteiger charge is 2.45. The minimum atomic E-state index is -1.72. The van der Waals surface area contributed by atoms with E-state index >= 15 is 0 Å². The Balaban J connectivity index is 2.09. The van der Waals surface area contributed by atoms with Crippen molar-refractivity contribution in [2.24, 2.45) is 0 Å². The van der Waals surface area contributed by atoms with Gasteiger partial charge in [-0.25, -0.2) is 4.39 Å². The summed E-state index contributed by atoms with van der Waals surface area (Å²) in [6.07, 6.45) is -3.93. The van der Waals surface area contributed by atoms with Gasteiger partial charge in [0.05, 0.1) is 12.0 Å². The second-order valence-electron chi connectivity index (χ2n) is 4.59. The van der Waals surface area contributed by atoms with Crippen molar-refractivity contribution in [3.05, 3.63) is 22.6 Å². The lowest BCUT2D eigenvalue weighted by Gasteiger charge is -2.16. The molecule has 1 aliphatic heterocycles. The summed E-state index contributed by atoms with van der Waals surface area (Å²) in [4.78, 5) is 18.0. The van der Waals surface area contributed by atoms with Gasteiger partial charge in [0.25, 0.3) is 5.56 Å². The molecule has 1 fully saturated rings. The summed E-state index contributed by atoms with van der Waals surface area (Å²) in [7, 11) is 0. The van der Waals surface area contributed by atoms with Gasteiger partial charge in [0.15, 0.2) is 18.0 Å². The Bertz CT molecular complexity index is 699. The summed E-state index contributed by atoms with van der Waals surface area (Å²) in [6, 6.07) is 1.47. The van der Waals surface area contributed by atoms with Crippen molar-refractivity contribution in [1.29, 1.82) is 0 Å². The predicted octanol–water partition coefficient (Wildman–Crippen LogP) is -1.10. The first-order valence-electron chi connectivity index (χ1n) is 5.97. The maximum absolute atomic E-state index is 13.7. The molecule has 2 aromatic heterocycles. The van der Waals surface area contributed by atoms with E-state index in [0.29, 0.717) is 0 Å². The lowest BCUT2D eigenvalue weighted by atomic mass is 10.1. The monoisotopic (exact) mass is 284 g/mol. The first-order chi connectivity index (χ1) is 9.52. The number of nitrogen functional groups attached to an aromatic ring is 1. The average molecular weight is 284 g/mol. The zero-order chi connectivity index (χ0) is 14.4. The number of nitrogens with one attached hydrogen (secondary N) is 1. The Hall–Kier alpha value is -1.97. The number of anilines is 1. The molecule has 0 aliphatic carbocycles. The number of aliphatic hydroxyl groups is 2. The van der Waals surface area contributed by atoms with Crippen molar-refractivity contribution >= 4 is 17.0 Å². The number of aromatic amines is 1. The van der Waals surface area contributed by atoms with Crippen LogP contribution in [0.15, 0.2) is 17.1 Å². The summed E-state index contributed by atoms with van der Waals surface area (Å²) in [5.41, 5.74) is 5.22. The number of H-pyrrole nitrogens is 1. The van der Waals surface area contributed by atoms with Crippen LogP contribution in [0.4, 0.5) is 10.3 Å². The zero-order valence-electron chi connectivity index (χ0n) is 10.2. The second-order valence-corrected chi connectivity index (χ2v) is 4.59. The van der Waals surface area contributed by atoms with Gasteiger partial charge in [-0.15, -0.1) is 0 Å². The molecule has 20 heavy (non-hydrogen) atoms. The lowest BCUT2D eigenvalue weighted by Crippen LogP contribution is -2.29. The van der Waals surface area contributed by atoms with Crippen LogP contribution in [0.25, 0.3) is 11.0 Å². The normalized spacial score (nSPS) is 30.1. The van der Waals surface area contributed by atoms with Crippen LogP contribution in [0.3, 0.4) is 0 Å². The molecule has 3 rings (SSSR count). The van der Waals surface area contributed by atoms with Crippen LogP contribution in [0.1, 0.15) is 6.23 Å². The van der Waals surface area contributed by atoms with Crippen LogP contribution < -0.4 is 11.3 Å². The van der Waals surface area contributed by atoms with Crippen molar-refractivity contribution < 1.29 is 19.3 Å². The Morgan fingerprint density at radius 3 is 3.00 bits per heavy atom. The number of rotatable bonds is 2. The number of hydrogen-bond donors (Lipinski definition) is 4. The maximum atomic E-state index is 13.7. The molecule has 1 aliphatic rings. The molecule has 1 saturated heterocycles. The fourth-order valence-electron chi connectivity index (χ4n) is 2.35. The molecule has 5 N–H and O–H groups in total. The molecule has 3 heterocycles. The molecular weight excluding hydrogens is 271 g/mol. The van der Waals surface area contributed by atoms with Crippen LogP contribution >= 0.6 is 0 Å². The number of halogens is 1. The molecule has 0 bridgehead atoms. The van der Waals surface area contributed by atoms with E-state index in [2.05, 4.69) is 9.97 Å². The van der Waals surface area contributed by atoms with Gasteiger partial charge in [0, 0.05) is 6.20 Å². The molecule has 0 amide bonds. The SMILES string of the molecule is Nc1nc2c(ccn2[C@H]2O[C@@H](CO)[C@H](F)[C@@H]2O)c(=O)[nH]1. The van der Waals surface area contributed by atoms with Crippen molar-refractivity contribution in [2.45, 2.75) is 24.6 Å². The van der Waals surface area contributed by atoms with E-state index in [4.69, 9.17) is 15.6 Å². The first-order valence-corrected chi connectivity index (χ1v) is 5.97. The fraction of sp³-hybridized carbons (Fsp3) is 0.455. The fourth-order valence-corrected chi connectivity index (χ4v) is 2.35. The molecular formula is C11H13FN4O4. The van der Waals surface area contributed by atoms with Gasteiger partial charge in [-0.3, -0.25) is 9.78 Å². The summed E-state index contributed by atoms with van der Waals surface area (Å²) in [5, 5.41) is 19.1. The smallest absolute Gasteiger partial charge is 0.261 e. The Labute approximate surface area is 111 Å². The topological polar surface area (TPSA) is 126 Å². The molecule has 0 unspecified atom stereocenters. The molecule has 0 aromatic carbocycles. The summed E-state index contributed by atoms with van der Waals surface area (Å²) in [5.74, 6) is -0.0922. The molecule has 4 atom stereocenters. The Morgan fingerprint density at radius 1 is 1.60 bits per heavy atom. The third kappa shape index (κ3) is 1.79. The van der Waals surface area contributed by atoms with Crippen molar-refractivity contribution in [2.75, 3.05) is 12.3 Å². The van der Waals surface area contributed by atoms with Crippen LogP contribution in [-0.4, -0.2) is 49.7 Å². The molecule has 0 saturated carbocycles. The van der Waals surface area contributed by atoms with Crippen LogP contribution in [0, 0.1) is 0 Å². The minimum Gasteiger partial charge on any atom is -0.394 e. The second kappa shape index (κ2) is 4.54. The van der Waals surface area contributed by atoms with Gasteiger partial charge in [0.2, 0.25) is 5.95 Å². The van der Waals surface area contributed by atoms with Gasteiger partial charge in [-0.05, 0) is 6.07 Å². The van der Waals surface area contributed by atoms with E-state index in [-0.39, 0.29) is 17.0 Å². The molecule has 0 radical (unpaired) electrons. The maximum Gasteiger partial charge on any atom is 0.261 e. The summed E-state index contributed by atoms with van der Waals surface area (Å²) in [6.45, 7) is -0.552. The van der Waals surface area contributed by atoms with Gasteiger partial charge in [0.1, 0.15) is 12.2 Å². The van der Waals surface area contributed by atoms with E-state index in [0.717, 1.165) is 0 Å². The van der Waals surface area contributed by atoms with Gasteiger partial charge in [-0.1, -0.05) is 0 Å². The number of hydrogen-bond acceptors (Lipinski definition) is 6. The predicted molar refractivity (Wildman–Crippen MR) is 66.7 cm³/mol. The summed E-state index contributed by atoms with van der Waals surface area (Å²) >= 11 is 0. The van der Waals surface area contributed by atoms with Crippen LogP contribution in [-0.2, 0) is 4.74 Å². The summed E-state index contributed by atoms with van der Waals surface area (Å²) < 4.78 is 20.3. The lowest BCUT2D eigenvalue weighted by molar-refractivity contribution is -0.0492. The number of aliphatic hydroxyl groups excluding tert-OH is 2. The highest BCUT2D eigenvalue weighted by Crippen LogP contribution is 2.33. The number of alkyl halides is 1. The van der Waals surface area contributed by atoms with Crippen LogP contribution in [0.5, 0.6) is 0 Å². The molecule has 108 valence electrons. The Morgan fingerprint density at radius 2 is 2.35 bits per heavy atom. The Kier molecular flexibility index (Phi) is 2.96. The third-order valence-corrected chi connectivity index (χ3v) is 3.34. The highest BCUT2D eigenvalue weighted by atomic mass is 19.1. The third-order valence-electron chi connectivity index (χ3n) is 3.34. The zero-order valence-corrected chi connectivity index (χ0v) is 10.2. The average Bonchev–Trinajstić information content (AvgIpc) is 2.93. The van der Waals surface area contributed by atoms with Crippen molar-refractivity contribution in [3.63, 3.8) is 0 Å².